The van der Waals surface area contributed by atoms with Crippen molar-refractivity contribution in [2.24, 2.45) is 17.8 Å². The highest BCUT2D eigenvalue weighted by Gasteiger charge is 2.55. The summed E-state index contributed by atoms with van der Waals surface area (Å²) in [5.74, 6) is 4.69. The lowest BCUT2D eigenvalue weighted by atomic mass is 10.3. The van der Waals surface area contributed by atoms with E-state index in [1.807, 2.05) is 4.90 Å². The number of carbonyl (C=O) groups is 1. The van der Waals surface area contributed by atoms with Gasteiger partial charge in [0.1, 0.15) is 0 Å². The van der Waals surface area contributed by atoms with Gasteiger partial charge >= 0.3 is 0 Å². The molecule has 2 aliphatic rings. The zero-order chi connectivity index (χ0) is 8.01. The number of likely N-dealkylation sites (tertiary alicyclic amines) is 1. The summed E-state index contributed by atoms with van der Waals surface area (Å²) in [5, 5.41) is 0. The molecule has 0 aromatic rings. The van der Waals surface area contributed by atoms with Gasteiger partial charge in [-0.15, -0.1) is 12.3 Å². The molecule has 0 N–H and O–H groups in total. The molecule has 0 spiro atoms. The second-order valence-corrected chi connectivity index (χ2v) is 3.44. The summed E-state index contributed by atoms with van der Waals surface area (Å²) in [4.78, 5) is 12.8. The monoisotopic (exact) mass is 149 g/mol. The number of rotatable bonds is 0. The Morgan fingerprint density at radius 1 is 1.55 bits per heavy atom. The van der Waals surface area contributed by atoms with E-state index in [0.717, 1.165) is 13.1 Å². The first kappa shape index (κ1) is 6.72. The molecule has 2 rings (SSSR count). The molecule has 1 saturated heterocycles. The molecule has 3 atom stereocenters. The van der Waals surface area contributed by atoms with Crippen LogP contribution >= 0.6 is 0 Å². The van der Waals surface area contributed by atoms with E-state index in [2.05, 4.69) is 5.92 Å². The van der Waals surface area contributed by atoms with Crippen LogP contribution in [0.2, 0.25) is 0 Å². The minimum Gasteiger partial charge on any atom is -0.342 e. The third-order valence-electron chi connectivity index (χ3n) is 2.83. The van der Waals surface area contributed by atoms with Crippen LogP contribution in [0.15, 0.2) is 0 Å². The van der Waals surface area contributed by atoms with Crippen LogP contribution in [0.5, 0.6) is 0 Å². The molecular weight excluding hydrogens is 138 g/mol. The Morgan fingerprint density at radius 3 is 2.45 bits per heavy atom. The summed E-state index contributed by atoms with van der Waals surface area (Å²) in [6.07, 6.45) is 5.29. The van der Waals surface area contributed by atoms with Crippen LogP contribution < -0.4 is 0 Å². The molecule has 1 aliphatic carbocycles. The average molecular weight is 149 g/mol. The summed E-state index contributed by atoms with van der Waals surface area (Å²) < 4.78 is 0. The van der Waals surface area contributed by atoms with E-state index in [9.17, 15) is 4.79 Å². The lowest BCUT2D eigenvalue weighted by Gasteiger charge is -2.15. The second kappa shape index (κ2) is 2.01. The van der Waals surface area contributed by atoms with Gasteiger partial charge < -0.3 is 4.90 Å². The Kier molecular flexibility index (Phi) is 1.23. The zero-order valence-corrected chi connectivity index (χ0v) is 6.58. The molecule has 0 radical (unpaired) electrons. The second-order valence-electron chi connectivity index (χ2n) is 3.44. The van der Waals surface area contributed by atoms with Crippen molar-refractivity contribution in [3.05, 3.63) is 0 Å². The van der Waals surface area contributed by atoms with Crippen molar-refractivity contribution in [3.63, 3.8) is 0 Å². The van der Waals surface area contributed by atoms with Crippen LogP contribution in [0.25, 0.3) is 0 Å². The molecule has 11 heavy (non-hydrogen) atoms. The van der Waals surface area contributed by atoms with Crippen molar-refractivity contribution < 1.29 is 4.79 Å². The standard InChI is InChI=1S/C9H11NO/c1-3-7-8-4-10(6(2)11)5-9(7)8/h1,7-9H,4-5H2,2H3/t7-,8-,9+. The van der Waals surface area contributed by atoms with Gasteiger partial charge in [-0.05, 0) is 11.8 Å². The summed E-state index contributed by atoms with van der Waals surface area (Å²) in [6, 6.07) is 0. The van der Waals surface area contributed by atoms with Gasteiger partial charge in [0.25, 0.3) is 0 Å². The number of amides is 1. The van der Waals surface area contributed by atoms with Gasteiger partial charge in [-0.3, -0.25) is 4.79 Å². The zero-order valence-electron chi connectivity index (χ0n) is 6.58. The number of hydrogen-bond acceptors (Lipinski definition) is 1. The maximum atomic E-state index is 10.9. The summed E-state index contributed by atoms with van der Waals surface area (Å²) in [5.41, 5.74) is 0. The summed E-state index contributed by atoms with van der Waals surface area (Å²) in [6.45, 7) is 3.42. The molecule has 1 heterocycles. The topological polar surface area (TPSA) is 20.3 Å². The number of fused-ring (bicyclic) bond motifs is 1. The lowest BCUT2D eigenvalue weighted by Crippen LogP contribution is -2.28. The average Bonchev–Trinajstić information content (AvgIpc) is 2.41. The van der Waals surface area contributed by atoms with E-state index in [-0.39, 0.29) is 5.91 Å². The smallest absolute Gasteiger partial charge is 0.219 e. The normalized spacial score (nSPS) is 39.6. The van der Waals surface area contributed by atoms with E-state index < -0.39 is 0 Å². The number of terminal acetylenes is 1. The predicted molar refractivity (Wildman–Crippen MR) is 41.6 cm³/mol. The predicted octanol–water partition coefficient (Wildman–Crippen LogP) is 0.344. The van der Waals surface area contributed by atoms with Crippen molar-refractivity contribution >= 4 is 5.91 Å². The SMILES string of the molecule is C#C[C@@H]1[C@H]2CN(C(C)=O)C[C@@H]12. The largest absolute Gasteiger partial charge is 0.342 e. The fourth-order valence-electron chi connectivity index (χ4n) is 2.03. The summed E-state index contributed by atoms with van der Waals surface area (Å²) >= 11 is 0. The number of nitrogens with zero attached hydrogens (tertiary/aromatic N) is 1. The van der Waals surface area contributed by atoms with Crippen molar-refractivity contribution in [1.29, 1.82) is 0 Å². The third-order valence-corrected chi connectivity index (χ3v) is 2.83. The van der Waals surface area contributed by atoms with Gasteiger partial charge in [-0.1, -0.05) is 0 Å². The Hall–Kier alpha value is -0.970. The Morgan fingerprint density at radius 2 is 2.09 bits per heavy atom. The molecule has 0 aromatic carbocycles. The van der Waals surface area contributed by atoms with Crippen LogP contribution in [0, 0.1) is 30.1 Å². The molecule has 2 nitrogen and oxygen atoms in total. The molecule has 0 unspecified atom stereocenters. The van der Waals surface area contributed by atoms with E-state index in [4.69, 9.17) is 6.42 Å². The molecular formula is C9H11NO. The Labute approximate surface area is 66.6 Å². The first-order chi connectivity index (χ1) is 5.24. The van der Waals surface area contributed by atoms with Crippen LogP contribution in [0.3, 0.4) is 0 Å². The fourth-order valence-corrected chi connectivity index (χ4v) is 2.03. The van der Waals surface area contributed by atoms with E-state index in [1.54, 1.807) is 6.92 Å². The van der Waals surface area contributed by atoms with Crippen molar-refractivity contribution in [2.45, 2.75) is 6.92 Å². The molecule has 0 bridgehead atoms. The fraction of sp³-hybridized carbons (Fsp3) is 0.667. The van der Waals surface area contributed by atoms with Crippen LogP contribution in [-0.2, 0) is 4.79 Å². The maximum absolute atomic E-state index is 10.9. The maximum Gasteiger partial charge on any atom is 0.219 e. The first-order valence-electron chi connectivity index (χ1n) is 3.95. The minimum atomic E-state index is 0.188. The van der Waals surface area contributed by atoms with Gasteiger partial charge in [0.2, 0.25) is 5.91 Å². The van der Waals surface area contributed by atoms with Crippen molar-refractivity contribution in [3.8, 4) is 12.3 Å². The number of hydrogen-bond donors (Lipinski definition) is 0. The van der Waals surface area contributed by atoms with Gasteiger partial charge in [0.15, 0.2) is 0 Å². The molecule has 1 saturated carbocycles. The number of piperidine rings is 1. The van der Waals surface area contributed by atoms with Gasteiger partial charge in [-0.25, -0.2) is 0 Å². The van der Waals surface area contributed by atoms with Crippen molar-refractivity contribution in [2.75, 3.05) is 13.1 Å². The van der Waals surface area contributed by atoms with Gasteiger partial charge in [0.05, 0.1) is 0 Å². The van der Waals surface area contributed by atoms with Crippen LogP contribution in [0.4, 0.5) is 0 Å². The highest BCUT2D eigenvalue weighted by Crippen LogP contribution is 2.50. The summed E-state index contributed by atoms with van der Waals surface area (Å²) in [7, 11) is 0. The van der Waals surface area contributed by atoms with E-state index >= 15 is 0 Å². The lowest BCUT2D eigenvalue weighted by molar-refractivity contribution is -0.128. The van der Waals surface area contributed by atoms with E-state index in [1.165, 1.54) is 0 Å². The molecule has 2 heteroatoms. The molecule has 2 fully saturated rings. The molecule has 0 aromatic heterocycles. The Balaban J connectivity index is 1.95. The third kappa shape index (κ3) is 0.841. The molecule has 58 valence electrons. The molecule has 1 aliphatic heterocycles. The molecule has 1 amide bonds. The minimum absolute atomic E-state index is 0.188. The number of carbonyl (C=O) groups excluding carboxylic acids is 1. The first-order valence-corrected chi connectivity index (χ1v) is 3.95. The van der Waals surface area contributed by atoms with Crippen LogP contribution in [0.1, 0.15) is 6.92 Å². The van der Waals surface area contributed by atoms with Gasteiger partial charge in [-0.2, -0.15) is 0 Å². The van der Waals surface area contributed by atoms with Gasteiger partial charge in [0, 0.05) is 25.9 Å². The van der Waals surface area contributed by atoms with E-state index in [0.29, 0.717) is 17.8 Å². The Bertz CT molecular complexity index is 228. The quantitative estimate of drug-likeness (QED) is 0.455. The van der Waals surface area contributed by atoms with Crippen LogP contribution in [-0.4, -0.2) is 23.9 Å². The van der Waals surface area contributed by atoms with Crippen molar-refractivity contribution in [1.82, 2.24) is 4.90 Å². The highest BCUT2D eigenvalue weighted by atomic mass is 16.2. The highest BCUT2D eigenvalue weighted by molar-refractivity contribution is 5.73.